The Kier molecular flexibility index (Phi) is 7.25. The quantitative estimate of drug-likeness (QED) is 0.541. The number of allylic oxidation sites excluding steroid dienone is 1. The zero-order valence-corrected chi connectivity index (χ0v) is 16.7. The van der Waals surface area contributed by atoms with Gasteiger partial charge in [0.25, 0.3) is 5.22 Å². The van der Waals surface area contributed by atoms with Crippen LogP contribution < -0.4 is 10.6 Å². The lowest BCUT2D eigenvalue weighted by atomic mass is 9.97. The first kappa shape index (κ1) is 20.1. The molecule has 0 aliphatic heterocycles. The number of hydrogen-bond donors (Lipinski definition) is 2. The maximum atomic E-state index is 11.9. The topological polar surface area (TPSA) is 97.1 Å². The highest BCUT2D eigenvalue weighted by molar-refractivity contribution is 7.99. The summed E-state index contributed by atoms with van der Waals surface area (Å²) in [6, 6.07) is 7.22. The Bertz CT molecular complexity index is 863. The smallest absolute Gasteiger partial charge is 0.321 e. The number of thioether (sulfide) groups is 1. The lowest BCUT2D eigenvalue weighted by molar-refractivity contribution is -0.117. The molecule has 2 aromatic rings. The summed E-state index contributed by atoms with van der Waals surface area (Å²) in [6.45, 7) is 2.49. The number of urea groups is 1. The van der Waals surface area contributed by atoms with Gasteiger partial charge in [-0.05, 0) is 50.7 Å². The first-order valence-corrected chi connectivity index (χ1v) is 10.4. The van der Waals surface area contributed by atoms with Gasteiger partial charge in [0.05, 0.1) is 5.75 Å². The van der Waals surface area contributed by atoms with Crippen LogP contribution in [-0.2, 0) is 4.79 Å². The molecule has 28 heavy (non-hydrogen) atoms. The second-order valence-corrected chi connectivity index (χ2v) is 7.57. The largest absolute Gasteiger partial charge is 0.411 e. The maximum absolute atomic E-state index is 11.9. The van der Waals surface area contributed by atoms with E-state index in [0.717, 1.165) is 42.2 Å². The summed E-state index contributed by atoms with van der Waals surface area (Å²) in [4.78, 5) is 23.7. The number of hydrogen-bond acceptors (Lipinski definition) is 6. The predicted molar refractivity (Wildman–Crippen MR) is 108 cm³/mol. The van der Waals surface area contributed by atoms with Crippen molar-refractivity contribution in [1.29, 1.82) is 0 Å². The van der Waals surface area contributed by atoms with E-state index in [1.165, 1.54) is 18.4 Å². The average molecular weight is 401 g/mol. The van der Waals surface area contributed by atoms with Crippen LogP contribution in [0.5, 0.6) is 0 Å². The predicted octanol–water partition coefficient (Wildman–Crippen LogP) is 3.85. The van der Waals surface area contributed by atoms with Gasteiger partial charge in [-0.3, -0.25) is 10.1 Å². The molecule has 1 heterocycles. The lowest BCUT2D eigenvalue weighted by Crippen LogP contribution is -2.40. The number of nitrogens with zero attached hydrogens (tertiary/aromatic N) is 2. The van der Waals surface area contributed by atoms with Crippen molar-refractivity contribution in [2.24, 2.45) is 0 Å². The van der Waals surface area contributed by atoms with Gasteiger partial charge >= 0.3 is 6.03 Å². The number of imide groups is 1. The van der Waals surface area contributed by atoms with Crippen LogP contribution in [0.2, 0.25) is 0 Å². The molecule has 7 nitrogen and oxygen atoms in total. The van der Waals surface area contributed by atoms with Crippen LogP contribution >= 0.6 is 11.8 Å². The molecule has 3 rings (SSSR count). The number of rotatable bonds is 7. The summed E-state index contributed by atoms with van der Waals surface area (Å²) in [6.07, 6.45) is 7.78. The van der Waals surface area contributed by atoms with Crippen LogP contribution in [0, 0.1) is 6.92 Å². The zero-order chi connectivity index (χ0) is 19.8. The van der Waals surface area contributed by atoms with Crippen molar-refractivity contribution in [2.45, 2.75) is 44.3 Å². The average Bonchev–Trinajstić information content (AvgIpc) is 3.16. The zero-order valence-electron chi connectivity index (χ0n) is 15.9. The van der Waals surface area contributed by atoms with Crippen LogP contribution in [0.25, 0.3) is 11.5 Å². The molecule has 1 aliphatic rings. The van der Waals surface area contributed by atoms with Crippen molar-refractivity contribution < 1.29 is 14.0 Å². The van der Waals surface area contributed by atoms with Gasteiger partial charge in [0.1, 0.15) is 0 Å². The van der Waals surface area contributed by atoms with E-state index in [-0.39, 0.29) is 11.0 Å². The molecule has 0 bridgehead atoms. The maximum Gasteiger partial charge on any atom is 0.321 e. The summed E-state index contributed by atoms with van der Waals surface area (Å²) in [5.74, 6) is 0.0272. The van der Waals surface area contributed by atoms with Crippen molar-refractivity contribution >= 4 is 23.7 Å². The van der Waals surface area contributed by atoms with Gasteiger partial charge in [-0.1, -0.05) is 41.6 Å². The van der Waals surface area contributed by atoms with Crippen molar-refractivity contribution in [3.05, 3.63) is 41.5 Å². The molecule has 0 fully saturated rings. The van der Waals surface area contributed by atoms with E-state index in [4.69, 9.17) is 4.42 Å². The number of benzene rings is 1. The van der Waals surface area contributed by atoms with Crippen LogP contribution in [0.15, 0.2) is 45.6 Å². The molecule has 8 heteroatoms. The van der Waals surface area contributed by atoms with E-state index in [2.05, 4.69) is 26.9 Å². The van der Waals surface area contributed by atoms with Gasteiger partial charge in [-0.25, -0.2) is 4.79 Å². The highest BCUT2D eigenvalue weighted by Crippen LogP contribution is 2.25. The Balaban J connectivity index is 1.39. The molecule has 3 amide bonds. The number of carbonyl (C=O) groups is 2. The highest BCUT2D eigenvalue weighted by Gasteiger charge is 2.14. The van der Waals surface area contributed by atoms with E-state index in [9.17, 15) is 9.59 Å². The van der Waals surface area contributed by atoms with E-state index in [1.54, 1.807) is 0 Å². The second kappa shape index (κ2) is 10.1. The molecule has 0 radical (unpaired) electrons. The van der Waals surface area contributed by atoms with Gasteiger partial charge in [-0.2, -0.15) is 0 Å². The number of nitrogens with one attached hydrogen (secondary N) is 2. The second-order valence-electron chi connectivity index (χ2n) is 6.64. The fraction of sp³-hybridized carbons (Fsp3) is 0.400. The summed E-state index contributed by atoms with van der Waals surface area (Å²) < 4.78 is 5.59. The number of aromatic nitrogens is 2. The SMILES string of the molecule is Cc1ccccc1-c1nnc(SCC(=O)NC(=O)NCCC2=CCCCC2)o1. The van der Waals surface area contributed by atoms with Gasteiger partial charge in [0.15, 0.2) is 0 Å². The monoisotopic (exact) mass is 400 g/mol. The molecule has 2 N–H and O–H groups in total. The summed E-state index contributed by atoms with van der Waals surface area (Å²) in [5, 5.41) is 13.3. The fourth-order valence-corrected chi connectivity index (χ4v) is 3.56. The van der Waals surface area contributed by atoms with Crippen LogP contribution in [0.3, 0.4) is 0 Å². The van der Waals surface area contributed by atoms with E-state index >= 15 is 0 Å². The molecule has 0 unspecified atom stereocenters. The third-order valence-electron chi connectivity index (χ3n) is 4.48. The minimum absolute atomic E-state index is 0.0218. The number of aryl methyl sites for hydroxylation is 1. The van der Waals surface area contributed by atoms with Crippen molar-refractivity contribution in [3.8, 4) is 11.5 Å². The van der Waals surface area contributed by atoms with Crippen LogP contribution in [0.1, 0.15) is 37.7 Å². The minimum atomic E-state index is -0.479. The molecule has 0 spiro atoms. The van der Waals surface area contributed by atoms with Gasteiger partial charge in [-0.15, -0.1) is 10.2 Å². The van der Waals surface area contributed by atoms with E-state index in [0.29, 0.717) is 12.4 Å². The Hall–Kier alpha value is -2.61. The summed E-state index contributed by atoms with van der Waals surface area (Å²) in [7, 11) is 0. The molecule has 0 saturated carbocycles. The Morgan fingerprint density at radius 1 is 1.21 bits per heavy atom. The molecule has 0 atom stereocenters. The first-order chi connectivity index (χ1) is 13.6. The number of carbonyl (C=O) groups excluding carboxylic acids is 2. The first-order valence-electron chi connectivity index (χ1n) is 9.39. The fourth-order valence-electron chi connectivity index (χ4n) is 2.99. The number of amides is 3. The van der Waals surface area contributed by atoms with Crippen molar-refractivity contribution in [1.82, 2.24) is 20.8 Å². The molecule has 1 aromatic carbocycles. The molecular formula is C20H24N4O3S. The van der Waals surface area contributed by atoms with Gasteiger partial charge in [0.2, 0.25) is 11.8 Å². The third kappa shape index (κ3) is 5.95. The molecule has 1 aromatic heterocycles. The lowest BCUT2D eigenvalue weighted by Gasteiger charge is -2.13. The summed E-state index contributed by atoms with van der Waals surface area (Å²) >= 11 is 1.10. The molecule has 148 valence electrons. The highest BCUT2D eigenvalue weighted by atomic mass is 32.2. The van der Waals surface area contributed by atoms with Crippen LogP contribution in [0.4, 0.5) is 4.79 Å². The van der Waals surface area contributed by atoms with E-state index in [1.807, 2.05) is 31.2 Å². The Morgan fingerprint density at radius 3 is 2.86 bits per heavy atom. The Morgan fingerprint density at radius 2 is 2.07 bits per heavy atom. The van der Waals surface area contributed by atoms with Crippen molar-refractivity contribution in [3.63, 3.8) is 0 Å². The van der Waals surface area contributed by atoms with Crippen molar-refractivity contribution in [2.75, 3.05) is 12.3 Å². The standard InChI is InChI=1S/C20H24N4O3S/c1-14-7-5-6-10-16(14)18-23-24-20(27-18)28-13-17(25)22-19(26)21-12-11-15-8-3-2-4-9-15/h5-8,10H,2-4,9,11-13H2,1H3,(H2,21,22,25,26). The molecule has 1 aliphatic carbocycles. The molecule has 0 saturated heterocycles. The summed E-state index contributed by atoms with van der Waals surface area (Å²) in [5.41, 5.74) is 3.27. The molecular weight excluding hydrogens is 376 g/mol. The normalized spacial score (nSPS) is 13.7. The van der Waals surface area contributed by atoms with Gasteiger partial charge in [0, 0.05) is 12.1 Å². The third-order valence-corrected chi connectivity index (χ3v) is 5.30. The minimum Gasteiger partial charge on any atom is -0.411 e. The van der Waals surface area contributed by atoms with E-state index < -0.39 is 11.9 Å². The Labute approximate surface area is 168 Å². The van der Waals surface area contributed by atoms with Crippen LogP contribution in [-0.4, -0.2) is 34.4 Å². The van der Waals surface area contributed by atoms with Gasteiger partial charge < -0.3 is 9.73 Å².